The molecule has 0 heterocycles. The number of nitrogens with one attached hydrogen (secondary N) is 2. The van der Waals surface area contributed by atoms with E-state index in [0.29, 0.717) is 5.02 Å². The summed E-state index contributed by atoms with van der Waals surface area (Å²) in [7, 11) is 0. The van der Waals surface area contributed by atoms with Gasteiger partial charge in [0.05, 0.1) is 0 Å². The maximum absolute atomic E-state index is 12.1. The Bertz CT molecular complexity index is 596. The molecule has 0 radical (unpaired) electrons. The molecule has 1 amide bonds. The van der Waals surface area contributed by atoms with Gasteiger partial charge in [0.1, 0.15) is 6.04 Å². The molecule has 0 aliphatic rings. The molecule has 2 aromatic rings. The number of amides is 1. The number of halogens is 1. The lowest BCUT2D eigenvalue weighted by atomic mass is 10.2. The third-order valence-corrected chi connectivity index (χ3v) is 3.16. The lowest BCUT2D eigenvalue weighted by molar-refractivity contribution is -0.116. The molecular weight excluding hydrogens is 272 g/mol. The maximum Gasteiger partial charge on any atom is 0.246 e. The molecular formula is C16H17ClN2O. The van der Waals surface area contributed by atoms with Gasteiger partial charge in [-0.05, 0) is 55.8 Å². The maximum atomic E-state index is 12.1. The van der Waals surface area contributed by atoms with Gasteiger partial charge in [0, 0.05) is 16.4 Å². The number of hydrogen-bond acceptors (Lipinski definition) is 2. The Kier molecular flexibility index (Phi) is 4.64. The largest absolute Gasteiger partial charge is 0.374 e. The summed E-state index contributed by atoms with van der Waals surface area (Å²) in [4.78, 5) is 12.1. The van der Waals surface area contributed by atoms with E-state index < -0.39 is 0 Å². The predicted octanol–water partition coefficient (Wildman–Crippen LogP) is 4.09. The van der Waals surface area contributed by atoms with Gasteiger partial charge in [0.25, 0.3) is 0 Å². The van der Waals surface area contributed by atoms with Crippen molar-refractivity contribution in [2.24, 2.45) is 0 Å². The van der Waals surface area contributed by atoms with Gasteiger partial charge >= 0.3 is 0 Å². The fourth-order valence-corrected chi connectivity index (χ4v) is 1.96. The van der Waals surface area contributed by atoms with Crippen molar-refractivity contribution in [3.63, 3.8) is 0 Å². The van der Waals surface area contributed by atoms with E-state index in [1.165, 1.54) is 0 Å². The van der Waals surface area contributed by atoms with Crippen molar-refractivity contribution < 1.29 is 4.79 Å². The third kappa shape index (κ3) is 4.00. The molecule has 3 nitrogen and oxygen atoms in total. The lowest BCUT2D eigenvalue weighted by Gasteiger charge is -2.15. The molecule has 2 aromatic carbocycles. The Morgan fingerprint density at radius 1 is 1.10 bits per heavy atom. The van der Waals surface area contributed by atoms with Crippen LogP contribution in [-0.4, -0.2) is 11.9 Å². The first-order valence-corrected chi connectivity index (χ1v) is 6.82. The zero-order chi connectivity index (χ0) is 14.5. The van der Waals surface area contributed by atoms with E-state index in [1.807, 2.05) is 38.1 Å². The fraction of sp³-hybridized carbons (Fsp3) is 0.188. The van der Waals surface area contributed by atoms with Crippen molar-refractivity contribution >= 4 is 28.9 Å². The van der Waals surface area contributed by atoms with Gasteiger partial charge in [-0.2, -0.15) is 0 Å². The summed E-state index contributed by atoms with van der Waals surface area (Å²) in [5, 5.41) is 6.67. The zero-order valence-electron chi connectivity index (χ0n) is 11.5. The van der Waals surface area contributed by atoms with E-state index in [2.05, 4.69) is 10.6 Å². The van der Waals surface area contributed by atoms with Gasteiger partial charge in [-0.3, -0.25) is 4.79 Å². The minimum absolute atomic E-state index is 0.0890. The van der Waals surface area contributed by atoms with Gasteiger partial charge < -0.3 is 10.6 Å². The Morgan fingerprint density at radius 2 is 1.80 bits per heavy atom. The molecule has 2 N–H and O–H groups in total. The second-order valence-electron chi connectivity index (χ2n) is 4.73. The average molecular weight is 289 g/mol. The Labute approximate surface area is 124 Å². The molecule has 0 aliphatic heterocycles. The van der Waals surface area contributed by atoms with Crippen LogP contribution in [0.25, 0.3) is 0 Å². The van der Waals surface area contributed by atoms with Crippen LogP contribution in [0.15, 0.2) is 48.5 Å². The third-order valence-electron chi connectivity index (χ3n) is 2.91. The summed E-state index contributed by atoms with van der Waals surface area (Å²) < 4.78 is 0. The number of benzene rings is 2. The smallest absolute Gasteiger partial charge is 0.246 e. The van der Waals surface area contributed by atoms with Gasteiger partial charge in [0.15, 0.2) is 0 Å². The van der Waals surface area contributed by atoms with Crippen LogP contribution in [0.1, 0.15) is 12.5 Å². The zero-order valence-corrected chi connectivity index (χ0v) is 12.2. The van der Waals surface area contributed by atoms with Crippen molar-refractivity contribution in [2.45, 2.75) is 19.9 Å². The summed E-state index contributed by atoms with van der Waals surface area (Å²) in [5.41, 5.74) is 2.82. The lowest BCUT2D eigenvalue weighted by Crippen LogP contribution is -2.31. The molecule has 0 aliphatic carbocycles. The summed E-state index contributed by atoms with van der Waals surface area (Å²) in [5.74, 6) is -0.0890. The van der Waals surface area contributed by atoms with Crippen molar-refractivity contribution in [2.75, 3.05) is 10.6 Å². The first-order chi connectivity index (χ1) is 9.54. The molecule has 0 saturated carbocycles. The minimum Gasteiger partial charge on any atom is -0.374 e. The highest BCUT2D eigenvalue weighted by Gasteiger charge is 2.12. The number of aryl methyl sites for hydroxylation is 1. The molecule has 20 heavy (non-hydrogen) atoms. The van der Waals surface area contributed by atoms with Crippen molar-refractivity contribution in [1.29, 1.82) is 0 Å². The number of rotatable bonds is 4. The minimum atomic E-state index is -0.326. The van der Waals surface area contributed by atoms with Gasteiger partial charge in [-0.25, -0.2) is 0 Å². The first-order valence-electron chi connectivity index (χ1n) is 6.44. The van der Waals surface area contributed by atoms with Crippen LogP contribution in [0.4, 0.5) is 11.4 Å². The summed E-state index contributed by atoms with van der Waals surface area (Å²) in [6.45, 7) is 3.84. The second kappa shape index (κ2) is 6.44. The highest BCUT2D eigenvalue weighted by atomic mass is 35.5. The number of anilines is 2. The highest BCUT2D eigenvalue weighted by molar-refractivity contribution is 6.30. The number of carbonyl (C=O) groups excluding carboxylic acids is 1. The quantitative estimate of drug-likeness (QED) is 0.890. The van der Waals surface area contributed by atoms with Crippen LogP contribution < -0.4 is 10.6 Å². The van der Waals surface area contributed by atoms with E-state index in [0.717, 1.165) is 16.9 Å². The molecule has 0 spiro atoms. The van der Waals surface area contributed by atoms with E-state index in [1.54, 1.807) is 24.3 Å². The first kappa shape index (κ1) is 14.4. The molecule has 0 saturated heterocycles. The number of carbonyl (C=O) groups is 1. The van der Waals surface area contributed by atoms with Crippen LogP contribution in [0.2, 0.25) is 5.02 Å². The van der Waals surface area contributed by atoms with Gasteiger partial charge in [-0.15, -0.1) is 0 Å². The SMILES string of the molecule is Cc1cccc(NC(C)C(=O)Nc2ccc(Cl)cc2)c1. The van der Waals surface area contributed by atoms with Crippen LogP contribution in [-0.2, 0) is 4.79 Å². The predicted molar refractivity (Wildman–Crippen MR) is 84.3 cm³/mol. The molecule has 1 atom stereocenters. The van der Waals surface area contributed by atoms with Crippen LogP contribution in [0.3, 0.4) is 0 Å². The Balaban J connectivity index is 1.96. The van der Waals surface area contributed by atoms with Gasteiger partial charge in [-0.1, -0.05) is 23.7 Å². The Hall–Kier alpha value is -2.00. The average Bonchev–Trinajstić information content (AvgIpc) is 2.41. The van der Waals surface area contributed by atoms with Crippen molar-refractivity contribution in [3.8, 4) is 0 Å². The topological polar surface area (TPSA) is 41.1 Å². The molecule has 2 rings (SSSR count). The second-order valence-corrected chi connectivity index (χ2v) is 5.17. The van der Waals surface area contributed by atoms with Crippen LogP contribution >= 0.6 is 11.6 Å². The Morgan fingerprint density at radius 3 is 2.45 bits per heavy atom. The van der Waals surface area contributed by atoms with E-state index in [-0.39, 0.29) is 11.9 Å². The summed E-state index contributed by atoms with van der Waals surface area (Å²) >= 11 is 5.81. The van der Waals surface area contributed by atoms with E-state index in [9.17, 15) is 4.79 Å². The fourth-order valence-electron chi connectivity index (χ4n) is 1.83. The molecule has 1 unspecified atom stereocenters. The monoisotopic (exact) mass is 288 g/mol. The summed E-state index contributed by atoms with van der Waals surface area (Å²) in [6.07, 6.45) is 0. The standard InChI is InChI=1S/C16H17ClN2O/c1-11-4-3-5-15(10-11)18-12(2)16(20)19-14-8-6-13(17)7-9-14/h3-10,12,18H,1-2H3,(H,19,20). The molecule has 104 valence electrons. The number of hydrogen-bond donors (Lipinski definition) is 2. The highest BCUT2D eigenvalue weighted by Crippen LogP contribution is 2.15. The van der Waals surface area contributed by atoms with E-state index in [4.69, 9.17) is 11.6 Å². The molecule has 0 fully saturated rings. The van der Waals surface area contributed by atoms with Crippen LogP contribution in [0, 0.1) is 6.92 Å². The van der Waals surface area contributed by atoms with E-state index >= 15 is 0 Å². The van der Waals surface area contributed by atoms with Crippen molar-refractivity contribution in [3.05, 3.63) is 59.1 Å². The normalized spacial score (nSPS) is 11.8. The summed E-state index contributed by atoms with van der Waals surface area (Å²) in [6, 6.07) is 14.6. The van der Waals surface area contributed by atoms with Gasteiger partial charge in [0.2, 0.25) is 5.91 Å². The molecule has 0 aromatic heterocycles. The van der Waals surface area contributed by atoms with Crippen LogP contribution in [0.5, 0.6) is 0 Å². The molecule has 0 bridgehead atoms. The molecule has 4 heteroatoms. The van der Waals surface area contributed by atoms with Crippen molar-refractivity contribution in [1.82, 2.24) is 0 Å².